The van der Waals surface area contributed by atoms with E-state index in [1.54, 1.807) is 33.4 Å². The van der Waals surface area contributed by atoms with Crippen LogP contribution in [0.25, 0.3) is 0 Å². The van der Waals surface area contributed by atoms with Crippen LogP contribution in [0.5, 0.6) is 0 Å². The molecule has 0 aliphatic rings. The molecular weight excluding hydrogens is 548 g/mol. The molecule has 12 nitrogen and oxygen atoms in total. The van der Waals surface area contributed by atoms with Crippen molar-refractivity contribution in [3.8, 4) is 0 Å². The van der Waals surface area contributed by atoms with E-state index in [4.69, 9.17) is 10.5 Å². The SMILES string of the molecule is CCCC(N)C(=O)Nc1cn(C(CC)CC)cn1.CCCC(NC(=O)OC(C)(C)C)C(=O)Nc1cn(C(CC)CC)cn1. The van der Waals surface area contributed by atoms with Crippen LogP contribution in [0.2, 0.25) is 0 Å². The highest BCUT2D eigenvalue weighted by Gasteiger charge is 2.24. The third-order valence-electron chi connectivity index (χ3n) is 6.96. The number of nitrogens with two attached hydrogens (primary N) is 1. The van der Waals surface area contributed by atoms with Gasteiger partial charge in [-0.15, -0.1) is 0 Å². The molecule has 5 N–H and O–H groups in total. The third-order valence-corrected chi connectivity index (χ3v) is 6.96. The number of hydrogen-bond donors (Lipinski definition) is 4. The van der Waals surface area contributed by atoms with Crippen LogP contribution >= 0.6 is 0 Å². The predicted molar refractivity (Wildman–Crippen MR) is 172 cm³/mol. The van der Waals surface area contributed by atoms with Gasteiger partial charge in [0.15, 0.2) is 11.6 Å². The molecule has 2 aromatic rings. The minimum atomic E-state index is -0.654. The molecule has 0 saturated heterocycles. The van der Waals surface area contributed by atoms with E-state index in [1.165, 1.54) is 0 Å². The molecule has 2 aromatic heterocycles. The number of carbonyl (C=O) groups excluding carboxylic acids is 3. The van der Waals surface area contributed by atoms with Crippen molar-refractivity contribution in [1.82, 2.24) is 24.4 Å². The first-order chi connectivity index (χ1) is 20.3. The molecule has 0 aliphatic carbocycles. The Labute approximate surface area is 257 Å². The van der Waals surface area contributed by atoms with E-state index >= 15 is 0 Å². The van der Waals surface area contributed by atoms with Gasteiger partial charge in [0.2, 0.25) is 11.8 Å². The lowest BCUT2D eigenvalue weighted by molar-refractivity contribution is -0.118. The average molecular weight is 605 g/mol. The molecule has 244 valence electrons. The first-order valence-corrected chi connectivity index (χ1v) is 15.8. The van der Waals surface area contributed by atoms with E-state index in [2.05, 4.69) is 53.6 Å². The van der Waals surface area contributed by atoms with Crippen molar-refractivity contribution in [2.75, 3.05) is 10.6 Å². The van der Waals surface area contributed by atoms with Crippen molar-refractivity contribution in [3.05, 3.63) is 25.0 Å². The van der Waals surface area contributed by atoms with Gasteiger partial charge in [-0.05, 0) is 59.3 Å². The van der Waals surface area contributed by atoms with E-state index in [9.17, 15) is 14.4 Å². The number of imidazole rings is 2. The number of nitrogens with zero attached hydrogens (tertiary/aromatic N) is 4. The summed E-state index contributed by atoms with van der Waals surface area (Å²) >= 11 is 0. The Bertz CT molecular complexity index is 1100. The largest absolute Gasteiger partial charge is 0.444 e. The number of rotatable bonds is 15. The van der Waals surface area contributed by atoms with Gasteiger partial charge in [-0.3, -0.25) is 9.59 Å². The predicted octanol–water partition coefficient (Wildman–Crippen LogP) is 6.19. The highest BCUT2D eigenvalue weighted by Crippen LogP contribution is 2.18. The van der Waals surface area contributed by atoms with E-state index in [0.29, 0.717) is 36.6 Å². The van der Waals surface area contributed by atoms with Gasteiger partial charge in [-0.2, -0.15) is 0 Å². The van der Waals surface area contributed by atoms with Crippen LogP contribution in [0.4, 0.5) is 16.4 Å². The van der Waals surface area contributed by atoms with Gasteiger partial charge in [0, 0.05) is 24.5 Å². The van der Waals surface area contributed by atoms with Crippen LogP contribution in [-0.4, -0.2) is 54.7 Å². The fourth-order valence-corrected chi connectivity index (χ4v) is 4.50. The maximum atomic E-state index is 12.5. The van der Waals surface area contributed by atoms with Crippen molar-refractivity contribution < 1.29 is 19.1 Å². The number of aromatic nitrogens is 4. The zero-order valence-corrected chi connectivity index (χ0v) is 27.8. The molecule has 3 amide bonds. The molecule has 2 unspecified atom stereocenters. The molecule has 12 heteroatoms. The lowest BCUT2D eigenvalue weighted by Crippen LogP contribution is -2.45. The summed E-state index contributed by atoms with van der Waals surface area (Å²) in [5.74, 6) is 0.622. The molecule has 0 aromatic carbocycles. The van der Waals surface area contributed by atoms with Crippen LogP contribution in [0, 0.1) is 0 Å². The molecule has 2 heterocycles. The summed E-state index contributed by atoms with van der Waals surface area (Å²) in [7, 11) is 0. The standard InChI is InChI=1S/C18H32N4O3.C13H24N4O/c1-7-10-14(20-17(24)25-18(4,5)6)16(23)21-15-11-22(12-19-15)13(8-2)9-3;1-4-7-11(14)13(18)16-12-8-17(9-15-12)10(5-2)6-3/h11-14H,7-10H2,1-6H3,(H,20,24)(H,21,23);8-11H,4-7,14H2,1-3H3,(H,16,18). The second-order valence-electron chi connectivity index (χ2n) is 11.7. The third kappa shape index (κ3) is 13.6. The van der Waals surface area contributed by atoms with Crippen molar-refractivity contribution in [1.29, 1.82) is 0 Å². The Balaban J connectivity index is 0.000000453. The lowest BCUT2D eigenvalue weighted by Gasteiger charge is -2.23. The van der Waals surface area contributed by atoms with Gasteiger partial charge < -0.3 is 35.6 Å². The van der Waals surface area contributed by atoms with Crippen LogP contribution in [0.15, 0.2) is 25.0 Å². The smallest absolute Gasteiger partial charge is 0.408 e. The van der Waals surface area contributed by atoms with Crippen molar-refractivity contribution in [3.63, 3.8) is 0 Å². The molecule has 0 spiro atoms. The number of nitrogens with one attached hydrogen (secondary N) is 3. The monoisotopic (exact) mass is 604 g/mol. The normalized spacial score (nSPS) is 12.7. The summed E-state index contributed by atoms with van der Waals surface area (Å²) in [5.41, 5.74) is 5.14. The first-order valence-electron chi connectivity index (χ1n) is 15.8. The Morgan fingerprint density at radius 2 is 1.23 bits per heavy atom. The Morgan fingerprint density at radius 1 is 0.791 bits per heavy atom. The maximum Gasteiger partial charge on any atom is 0.408 e. The first kappa shape index (κ1) is 37.6. The van der Waals surface area contributed by atoms with Crippen LogP contribution < -0.4 is 21.7 Å². The molecule has 0 radical (unpaired) electrons. The van der Waals surface area contributed by atoms with Gasteiger partial charge in [0.1, 0.15) is 11.6 Å². The summed E-state index contributed by atoms with van der Waals surface area (Å²) in [6.45, 7) is 17.8. The molecular formula is C31H56N8O4. The zero-order valence-electron chi connectivity index (χ0n) is 27.8. The van der Waals surface area contributed by atoms with E-state index in [-0.39, 0.29) is 11.8 Å². The van der Waals surface area contributed by atoms with Crippen molar-refractivity contribution >= 4 is 29.5 Å². The Morgan fingerprint density at radius 3 is 1.63 bits per heavy atom. The molecule has 0 saturated carbocycles. The molecule has 43 heavy (non-hydrogen) atoms. The van der Waals surface area contributed by atoms with Gasteiger partial charge in [-0.25, -0.2) is 14.8 Å². The summed E-state index contributed by atoms with van der Waals surface area (Å²) < 4.78 is 9.28. The van der Waals surface area contributed by atoms with Crippen molar-refractivity contribution in [2.45, 2.75) is 143 Å². The molecule has 0 fully saturated rings. The number of alkyl carbamates (subject to hydrolysis) is 1. The Kier molecular flexibility index (Phi) is 16.6. The number of carbonyl (C=O) groups is 3. The summed E-state index contributed by atoms with van der Waals surface area (Å²) in [5, 5.41) is 8.17. The van der Waals surface area contributed by atoms with E-state index in [0.717, 1.165) is 38.5 Å². The highest BCUT2D eigenvalue weighted by molar-refractivity contribution is 5.95. The highest BCUT2D eigenvalue weighted by atomic mass is 16.6. The second-order valence-corrected chi connectivity index (χ2v) is 11.7. The van der Waals surface area contributed by atoms with Gasteiger partial charge >= 0.3 is 6.09 Å². The molecule has 2 rings (SSSR count). The lowest BCUT2D eigenvalue weighted by atomic mass is 10.1. The minimum Gasteiger partial charge on any atom is -0.444 e. The van der Waals surface area contributed by atoms with Crippen molar-refractivity contribution in [2.24, 2.45) is 5.73 Å². The van der Waals surface area contributed by atoms with Crippen LogP contribution in [0.1, 0.15) is 126 Å². The van der Waals surface area contributed by atoms with Gasteiger partial charge in [0.05, 0.1) is 18.7 Å². The summed E-state index contributed by atoms with van der Waals surface area (Å²) in [6, 6.07) is -0.302. The fraction of sp³-hybridized carbons (Fsp3) is 0.710. The quantitative estimate of drug-likeness (QED) is 0.189. The van der Waals surface area contributed by atoms with E-state index in [1.807, 2.05) is 35.4 Å². The number of hydrogen-bond acceptors (Lipinski definition) is 7. The summed E-state index contributed by atoms with van der Waals surface area (Å²) in [6.07, 6.45) is 13.6. The van der Waals surface area contributed by atoms with E-state index < -0.39 is 23.8 Å². The molecule has 0 aliphatic heterocycles. The summed E-state index contributed by atoms with van der Waals surface area (Å²) in [4.78, 5) is 44.6. The van der Waals surface area contributed by atoms with Gasteiger partial charge in [0.25, 0.3) is 0 Å². The topological polar surface area (TPSA) is 158 Å². The average Bonchev–Trinajstić information content (AvgIpc) is 3.59. The fourth-order valence-electron chi connectivity index (χ4n) is 4.50. The number of amides is 3. The molecule has 0 bridgehead atoms. The van der Waals surface area contributed by atoms with Crippen LogP contribution in [-0.2, 0) is 14.3 Å². The molecule has 2 atom stereocenters. The zero-order chi connectivity index (χ0) is 32.6. The minimum absolute atomic E-state index is 0.161. The number of anilines is 2. The van der Waals surface area contributed by atoms with Crippen LogP contribution in [0.3, 0.4) is 0 Å². The van der Waals surface area contributed by atoms with Gasteiger partial charge in [-0.1, -0.05) is 54.4 Å². The second kappa shape index (κ2) is 19.0. The Hall–Kier alpha value is -3.41. The maximum absolute atomic E-state index is 12.5. The number of ether oxygens (including phenoxy) is 1.